The van der Waals surface area contributed by atoms with E-state index in [0.717, 1.165) is 11.3 Å². The van der Waals surface area contributed by atoms with Crippen molar-refractivity contribution in [2.24, 2.45) is 0 Å². The minimum absolute atomic E-state index is 0.254. The molecule has 0 aliphatic heterocycles. The normalized spacial score (nSPS) is 10.3. The fraction of sp³-hybridized carbons (Fsp3) is 0.100. The van der Waals surface area contributed by atoms with Crippen molar-refractivity contribution in [3.8, 4) is 5.75 Å². The molecule has 0 aliphatic carbocycles. The summed E-state index contributed by atoms with van der Waals surface area (Å²) in [5, 5.41) is 6.72. The monoisotopic (exact) mass is 367 g/mol. The highest BCUT2D eigenvalue weighted by Gasteiger charge is 2.12. The van der Waals surface area contributed by atoms with Crippen LogP contribution in [0.15, 0.2) is 60.8 Å². The lowest BCUT2D eigenvalue weighted by Crippen LogP contribution is -2.13. The van der Waals surface area contributed by atoms with E-state index in [2.05, 4.69) is 15.6 Å². The third kappa shape index (κ3) is 3.95. The first-order valence-electron chi connectivity index (χ1n) is 8.01. The Balaban J connectivity index is 1.71. The summed E-state index contributed by atoms with van der Waals surface area (Å²) in [6.07, 6.45) is 1.59. The minimum Gasteiger partial charge on any atom is -0.496 e. The van der Waals surface area contributed by atoms with Crippen LogP contribution < -0.4 is 15.4 Å². The van der Waals surface area contributed by atoms with Gasteiger partial charge in [-0.15, -0.1) is 0 Å². The number of carbonyl (C=O) groups is 1. The Morgan fingerprint density at radius 2 is 1.88 bits per heavy atom. The van der Waals surface area contributed by atoms with Crippen LogP contribution in [0.1, 0.15) is 15.9 Å². The van der Waals surface area contributed by atoms with Crippen molar-refractivity contribution in [1.29, 1.82) is 0 Å². The van der Waals surface area contributed by atoms with Gasteiger partial charge in [-0.1, -0.05) is 29.8 Å². The van der Waals surface area contributed by atoms with E-state index in [-0.39, 0.29) is 5.91 Å². The zero-order valence-corrected chi connectivity index (χ0v) is 15.2. The number of carbonyl (C=O) groups excluding carboxylic acids is 1. The summed E-state index contributed by atoms with van der Waals surface area (Å²) in [4.78, 5) is 16.7. The number of halogens is 1. The molecular weight excluding hydrogens is 350 g/mol. The fourth-order valence-corrected chi connectivity index (χ4v) is 2.63. The van der Waals surface area contributed by atoms with Crippen molar-refractivity contribution < 1.29 is 9.53 Å². The van der Waals surface area contributed by atoms with Crippen LogP contribution in [0.4, 0.5) is 17.2 Å². The smallest absolute Gasteiger partial charge is 0.259 e. The Hall–Kier alpha value is -3.05. The molecule has 3 aromatic rings. The van der Waals surface area contributed by atoms with Crippen LogP contribution >= 0.6 is 11.6 Å². The third-order valence-electron chi connectivity index (χ3n) is 3.90. The second kappa shape index (κ2) is 7.89. The van der Waals surface area contributed by atoms with Gasteiger partial charge in [0.25, 0.3) is 5.91 Å². The Labute approximate surface area is 157 Å². The van der Waals surface area contributed by atoms with Crippen LogP contribution in [0.25, 0.3) is 0 Å². The molecule has 0 spiro atoms. The highest BCUT2D eigenvalue weighted by Crippen LogP contribution is 2.26. The number of nitrogens with zero attached hydrogens (tertiary/aromatic N) is 1. The van der Waals surface area contributed by atoms with Crippen molar-refractivity contribution in [2.75, 3.05) is 17.7 Å². The van der Waals surface area contributed by atoms with E-state index in [9.17, 15) is 4.79 Å². The van der Waals surface area contributed by atoms with E-state index in [4.69, 9.17) is 16.3 Å². The number of hydrogen-bond donors (Lipinski definition) is 2. The van der Waals surface area contributed by atoms with E-state index in [1.54, 1.807) is 36.5 Å². The number of anilines is 3. The molecule has 0 bridgehead atoms. The Bertz CT molecular complexity index is 927. The fourth-order valence-electron chi connectivity index (χ4n) is 2.45. The van der Waals surface area contributed by atoms with Crippen LogP contribution in [-0.4, -0.2) is 18.0 Å². The highest BCUT2D eigenvalue weighted by molar-refractivity contribution is 6.31. The minimum atomic E-state index is -0.254. The summed E-state index contributed by atoms with van der Waals surface area (Å²) in [6.45, 7) is 1.94. The molecule has 1 aromatic heterocycles. The maximum absolute atomic E-state index is 12.4. The number of para-hydroxylation sites is 1. The molecule has 5 nitrogen and oxygen atoms in total. The third-order valence-corrected chi connectivity index (χ3v) is 4.31. The molecule has 2 aromatic carbocycles. The molecule has 6 heteroatoms. The van der Waals surface area contributed by atoms with E-state index < -0.39 is 0 Å². The summed E-state index contributed by atoms with van der Waals surface area (Å²) in [6, 6.07) is 16.3. The number of methoxy groups -OCH3 is 1. The van der Waals surface area contributed by atoms with Gasteiger partial charge in [0.05, 0.1) is 24.6 Å². The van der Waals surface area contributed by atoms with Crippen LogP contribution in [-0.2, 0) is 0 Å². The molecule has 0 radical (unpaired) electrons. The zero-order chi connectivity index (χ0) is 18.5. The van der Waals surface area contributed by atoms with E-state index in [1.807, 2.05) is 31.2 Å². The molecule has 0 saturated heterocycles. The number of nitrogens with one attached hydrogen (secondary N) is 2. The lowest BCUT2D eigenvalue weighted by Gasteiger charge is -2.11. The van der Waals surface area contributed by atoms with Gasteiger partial charge in [0.2, 0.25) is 0 Å². The Morgan fingerprint density at radius 1 is 1.08 bits per heavy atom. The molecule has 0 atom stereocenters. The van der Waals surface area contributed by atoms with Gasteiger partial charge in [0, 0.05) is 10.7 Å². The molecule has 1 amide bonds. The molecule has 0 aliphatic rings. The van der Waals surface area contributed by atoms with E-state index in [0.29, 0.717) is 27.8 Å². The maximum Gasteiger partial charge on any atom is 0.259 e. The van der Waals surface area contributed by atoms with Gasteiger partial charge < -0.3 is 15.4 Å². The molecule has 2 N–H and O–H groups in total. The second-order valence-corrected chi connectivity index (χ2v) is 6.03. The largest absolute Gasteiger partial charge is 0.496 e. The van der Waals surface area contributed by atoms with Crippen LogP contribution in [0.5, 0.6) is 5.75 Å². The summed E-state index contributed by atoms with van der Waals surface area (Å²) < 4.78 is 5.21. The predicted molar refractivity (Wildman–Crippen MR) is 105 cm³/mol. The van der Waals surface area contributed by atoms with E-state index >= 15 is 0 Å². The first kappa shape index (κ1) is 17.8. The number of amides is 1. The van der Waals surface area contributed by atoms with E-state index in [1.165, 1.54) is 7.11 Å². The number of benzene rings is 2. The standard InChI is InChI=1S/C20H18ClN3O2/c1-13-16(21)7-5-8-17(13)24-19-11-10-14(12-22-19)23-20(25)15-6-3-4-9-18(15)26-2/h3-12H,1-2H3,(H,22,24)(H,23,25). The number of rotatable bonds is 5. The first-order valence-corrected chi connectivity index (χ1v) is 8.39. The molecule has 132 valence electrons. The van der Waals surface area contributed by atoms with Crippen LogP contribution in [0.2, 0.25) is 5.02 Å². The molecule has 0 fully saturated rings. The SMILES string of the molecule is COc1ccccc1C(=O)Nc1ccc(Nc2cccc(Cl)c2C)nc1. The number of aromatic nitrogens is 1. The molecule has 3 rings (SSSR count). The average Bonchev–Trinajstić information content (AvgIpc) is 2.67. The highest BCUT2D eigenvalue weighted by atomic mass is 35.5. The average molecular weight is 368 g/mol. The van der Waals surface area contributed by atoms with Crippen LogP contribution in [0, 0.1) is 6.92 Å². The van der Waals surface area contributed by atoms with Gasteiger partial charge >= 0.3 is 0 Å². The topological polar surface area (TPSA) is 63.2 Å². The van der Waals surface area contributed by atoms with Crippen molar-refractivity contribution in [3.63, 3.8) is 0 Å². The van der Waals surface area contributed by atoms with Crippen molar-refractivity contribution in [2.45, 2.75) is 6.92 Å². The summed E-state index contributed by atoms with van der Waals surface area (Å²) >= 11 is 6.13. The van der Waals surface area contributed by atoms with Gasteiger partial charge in [-0.05, 0) is 48.9 Å². The van der Waals surface area contributed by atoms with Crippen molar-refractivity contribution in [3.05, 3.63) is 76.9 Å². The zero-order valence-electron chi connectivity index (χ0n) is 14.4. The lowest BCUT2D eigenvalue weighted by atomic mass is 10.2. The predicted octanol–water partition coefficient (Wildman–Crippen LogP) is 5.05. The summed E-state index contributed by atoms with van der Waals surface area (Å²) in [5.41, 5.74) is 2.89. The number of pyridine rings is 1. The van der Waals surface area contributed by atoms with Gasteiger partial charge in [-0.3, -0.25) is 4.79 Å². The molecule has 26 heavy (non-hydrogen) atoms. The summed E-state index contributed by atoms with van der Waals surface area (Å²) in [5.74, 6) is 0.925. The maximum atomic E-state index is 12.4. The number of hydrogen-bond acceptors (Lipinski definition) is 4. The van der Waals surface area contributed by atoms with Crippen molar-refractivity contribution >= 4 is 34.7 Å². The lowest BCUT2D eigenvalue weighted by molar-refractivity contribution is 0.102. The molecule has 1 heterocycles. The molecular formula is C20H18ClN3O2. The Kier molecular flexibility index (Phi) is 5.39. The van der Waals surface area contributed by atoms with Gasteiger partial charge in [0.1, 0.15) is 11.6 Å². The first-order chi connectivity index (χ1) is 12.6. The summed E-state index contributed by atoms with van der Waals surface area (Å²) in [7, 11) is 1.53. The van der Waals surface area contributed by atoms with Crippen LogP contribution in [0.3, 0.4) is 0 Å². The van der Waals surface area contributed by atoms with Gasteiger partial charge in [0.15, 0.2) is 0 Å². The van der Waals surface area contributed by atoms with Crippen molar-refractivity contribution in [1.82, 2.24) is 4.98 Å². The second-order valence-electron chi connectivity index (χ2n) is 5.62. The Morgan fingerprint density at radius 3 is 2.62 bits per heavy atom. The number of ether oxygens (including phenoxy) is 1. The molecule has 0 unspecified atom stereocenters. The quantitative estimate of drug-likeness (QED) is 0.662. The molecule has 0 saturated carbocycles. The van der Waals surface area contributed by atoms with Gasteiger partial charge in [-0.2, -0.15) is 0 Å². The van der Waals surface area contributed by atoms with Gasteiger partial charge in [-0.25, -0.2) is 4.98 Å².